The van der Waals surface area contributed by atoms with Crippen molar-refractivity contribution in [3.63, 3.8) is 0 Å². The lowest BCUT2D eigenvalue weighted by Gasteiger charge is -2.05. The molecule has 3 aromatic rings. The first-order valence-corrected chi connectivity index (χ1v) is 7.77. The predicted molar refractivity (Wildman–Crippen MR) is 86.5 cm³/mol. The van der Waals surface area contributed by atoms with Crippen LogP contribution >= 0.6 is 11.3 Å². The van der Waals surface area contributed by atoms with E-state index in [2.05, 4.69) is 6.92 Å². The van der Waals surface area contributed by atoms with Crippen LogP contribution in [0.1, 0.15) is 21.5 Å². The molecule has 0 radical (unpaired) electrons. The number of ether oxygens (including phenoxy) is 1. The normalized spacial score (nSPS) is 11.0. The second-order valence-corrected chi connectivity index (χ2v) is 6.08. The SMILES string of the molecule is CCc1ccc(C(=O)Cn2ccc3cc(OC)ccc32)s1. The minimum Gasteiger partial charge on any atom is -0.497 e. The zero-order chi connectivity index (χ0) is 14.8. The van der Waals surface area contributed by atoms with E-state index in [4.69, 9.17) is 4.74 Å². The lowest BCUT2D eigenvalue weighted by molar-refractivity contribution is 0.0977. The molecular formula is C17H17NO2S. The molecule has 0 N–H and O–H groups in total. The third kappa shape index (κ3) is 2.72. The monoisotopic (exact) mass is 299 g/mol. The van der Waals surface area contributed by atoms with Crippen molar-refractivity contribution in [2.24, 2.45) is 0 Å². The Labute approximate surface area is 127 Å². The topological polar surface area (TPSA) is 31.2 Å². The maximum Gasteiger partial charge on any atom is 0.192 e. The van der Waals surface area contributed by atoms with Crippen molar-refractivity contribution in [2.45, 2.75) is 19.9 Å². The number of rotatable bonds is 5. The van der Waals surface area contributed by atoms with Gasteiger partial charge in [0.15, 0.2) is 5.78 Å². The van der Waals surface area contributed by atoms with Crippen molar-refractivity contribution in [1.29, 1.82) is 0 Å². The van der Waals surface area contributed by atoms with Crippen LogP contribution in [0.2, 0.25) is 0 Å². The summed E-state index contributed by atoms with van der Waals surface area (Å²) >= 11 is 1.59. The number of aromatic nitrogens is 1. The molecule has 4 heteroatoms. The molecule has 0 amide bonds. The van der Waals surface area contributed by atoms with E-state index in [1.165, 1.54) is 4.88 Å². The molecule has 0 saturated carbocycles. The predicted octanol–water partition coefficient (Wildman–Crippen LogP) is 4.16. The lowest BCUT2D eigenvalue weighted by Crippen LogP contribution is -2.07. The molecular weight excluding hydrogens is 282 g/mol. The maximum absolute atomic E-state index is 12.4. The number of methoxy groups -OCH3 is 1. The van der Waals surface area contributed by atoms with Crippen LogP contribution in [-0.4, -0.2) is 17.5 Å². The summed E-state index contributed by atoms with van der Waals surface area (Å²) in [6, 6.07) is 11.9. The van der Waals surface area contributed by atoms with E-state index >= 15 is 0 Å². The number of nitrogens with zero attached hydrogens (tertiary/aromatic N) is 1. The second kappa shape index (κ2) is 5.74. The summed E-state index contributed by atoms with van der Waals surface area (Å²) in [5.74, 6) is 0.991. The van der Waals surface area contributed by atoms with Crippen LogP contribution in [0.5, 0.6) is 5.75 Å². The van der Waals surface area contributed by atoms with Crippen LogP contribution in [0, 0.1) is 0 Å². The highest BCUT2D eigenvalue weighted by Gasteiger charge is 2.11. The van der Waals surface area contributed by atoms with Crippen LogP contribution in [0.4, 0.5) is 0 Å². The Kier molecular flexibility index (Phi) is 3.80. The summed E-state index contributed by atoms with van der Waals surface area (Å²) in [5, 5.41) is 1.09. The van der Waals surface area contributed by atoms with E-state index < -0.39 is 0 Å². The quantitative estimate of drug-likeness (QED) is 0.662. The molecule has 0 spiro atoms. The Bertz CT molecular complexity index is 785. The van der Waals surface area contributed by atoms with Crippen molar-refractivity contribution < 1.29 is 9.53 Å². The minimum absolute atomic E-state index is 0.160. The van der Waals surface area contributed by atoms with E-state index in [9.17, 15) is 4.79 Å². The Morgan fingerprint density at radius 1 is 1.24 bits per heavy atom. The number of carbonyl (C=O) groups is 1. The van der Waals surface area contributed by atoms with Crippen LogP contribution in [-0.2, 0) is 13.0 Å². The van der Waals surface area contributed by atoms with Crippen LogP contribution in [0.3, 0.4) is 0 Å². The zero-order valence-electron chi connectivity index (χ0n) is 12.1. The molecule has 21 heavy (non-hydrogen) atoms. The van der Waals surface area contributed by atoms with Gasteiger partial charge in [0.1, 0.15) is 5.75 Å². The van der Waals surface area contributed by atoms with Crippen molar-refractivity contribution in [1.82, 2.24) is 4.57 Å². The number of aryl methyl sites for hydroxylation is 1. The number of hydrogen-bond donors (Lipinski definition) is 0. The number of hydrogen-bond acceptors (Lipinski definition) is 3. The third-order valence-electron chi connectivity index (χ3n) is 3.58. The summed E-state index contributed by atoms with van der Waals surface area (Å²) in [5.41, 5.74) is 1.05. The fourth-order valence-corrected chi connectivity index (χ4v) is 3.27. The molecule has 0 saturated heterocycles. The summed E-state index contributed by atoms with van der Waals surface area (Å²) < 4.78 is 7.21. The van der Waals surface area contributed by atoms with Gasteiger partial charge in [-0.1, -0.05) is 6.92 Å². The standard InChI is InChI=1S/C17H17NO2S/c1-3-14-5-7-17(21-14)16(19)11-18-9-8-12-10-13(20-2)4-6-15(12)18/h4-10H,3,11H2,1-2H3. The Balaban J connectivity index is 1.86. The first kappa shape index (κ1) is 13.9. The molecule has 3 nitrogen and oxygen atoms in total. The van der Waals surface area contributed by atoms with Crippen molar-refractivity contribution in [3.8, 4) is 5.75 Å². The smallest absolute Gasteiger partial charge is 0.192 e. The molecule has 2 heterocycles. The number of thiophene rings is 1. The summed E-state index contributed by atoms with van der Waals surface area (Å²) in [6.07, 6.45) is 2.93. The summed E-state index contributed by atoms with van der Waals surface area (Å²) in [4.78, 5) is 14.5. The highest BCUT2D eigenvalue weighted by Crippen LogP contribution is 2.23. The highest BCUT2D eigenvalue weighted by molar-refractivity contribution is 7.14. The number of Topliss-reactive ketones (excluding diaryl/α,β-unsaturated/α-hetero) is 1. The van der Waals surface area contributed by atoms with Crippen molar-refractivity contribution in [3.05, 3.63) is 52.3 Å². The van der Waals surface area contributed by atoms with Crippen LogP contribution in [0.25, 0.3) is 10.9 Å². The van der Waals surface area contributed by atoms with Gasteiger partial charge in [0, 0.05) is 22.0 Å². The minimum atomic E-state index is 0.160. The fourth-order valence-electron chi connectivity index (χ4n) is 2.39. The molecule has 0 bridgehead atoms. The highest BCUT2D eigenvalue weighted by atomic mass is 32.1. The number of benzene rings is 1. The maximum atomic E-state index is 12.4. The molecule has 0 atom stereocenters. The molecule has 0 fully saturated rings. The first-order valence-electron chi connectivity index (χ1n) is 6.96. The van der Waals surface area contributed by atoms with E-state index in [0.29, 0.717) is 6.54 Å². The van der Waals surface area contributed by atoms with Gasteiger partial charge in [-0.3, -0.25) is 4.79 Å². The number of carbonyl (C=O) groups excluding carboxylic acids is 1. The van der Waals surface area contributed by atoms with Gasteiger partial charge in [0.25, 0.3) is 0 Å². The van der Waals surface area contributed by atoms with Gasteiger partial charge in [-0.2, -0.15) is 0 Å². The van der Waals surface area contributed by atoms with Gasteiger partial charge in [-0.05, 0) is 42.8 Å². The van der Waals surface area contributed by atoms with E-state index in [1.54, 1.807) is 18.4 Å². The lowest BCUT2D eigenvalue weighted by atomic mass is 10.2. The van der Waals surface area contributed by atoms with Gasteiger partial charge in [-0.25, -0.2) is 0 Å². The van der Waals surface area contributed by atoms with E-state index in [-0.39, 0.29) is 5.78 Å². The first-order chi connectivity index (χ1) is 10.2. The van der Waals surface area contributed by atoms with Crippen molar-refractivity contribution in [2.75, 3.05) is 7.11 Å². The van der Waals surface area contributed by atoms with Gasteiger partial charge < -0.3 is 9.30 Å². The van der Waals surface area contributed by atoms with Crippen LogP contribution < -0.4 is 4.74 Å². The fraction of sp³-hybridized carbons (Fsp3) is 0.235. The van der Waals surface area contributed by atoms with Gasteiger partial charge in [0.2, 0.25) is 0 Å². The second-order valence-electron chi connectivity index (χ2n) is 4.91. The van der Waals surface area contributed by atoms with Crippen LogP contribution in [0.15, 0.2) is 42.6 Å². The van der Waals surface area contributed by atoms with E-state index in [0.717, 1.165) is 28.0 Å². The molecule has 108 valence electrons. The molecule has 2 aromatic heterocycles. The molecule has 1 aromatic carbocycles. The number of fused-ring (bicyclic) bond motifs is 1. The Morgan fingerprint density at radius 2 is 2.10 bits per heavy atom. The van der Waals surface area contributed by atoms with Gasteiger partial charge >= 0.3 is 0 Å². The third-order valence-corrected chi connectivity index (χ3v) is 4.85. The Hall–Kier alpha value is -2.07. The molecule has 0 aliphatic rings. The largest absolute Gasteiger partial charge is 0.497 e. The molecule has 0 unspecified atom stereocenters. The summed E-state index contributed by atoms with van der Waals surface area (Å²) in [7, 11) is 1.66. The van der Waals surface area contributed by atoms with Crippen molar-refractivity contribution >= 4 is 28.0 Å². The van der Waals surface area contributed by atoms with E-state index in [1.807, 2.05) is 47.2 Å². The average molecular weight is 299 g/mol. The molecule has 0 aliphatic carbocycles. The average Bonchev–Trinajstić information content (AvgIpc) is 3.13. The summed E-state index contributed by atoms with van der Waals surface area (Å²) in [6.45, 7) is 2.48. The molecule has 0 aliphatic heterocycles. The zero-order valence-corrected chi connectivity index (χ0v) is 12.9. The van der Waals surface area contributed by atoms with Gasteiger partial charge in [-0.15, -0.1) is 11.3 Å². The molecule has 3 rings (SSSR count). The number of ketones is 1. The van der Waals surface area contributed by atoms with Gasteiger partial charge in [0.05, 0.1) is 18.5 Å². The Morgan fingerprint density at radius 3 is 2.81 bits per heavy atom.